The minimum absolute atomic E-state index is 0.0636. The number of hydrogen-bond donors (Lipinski definition) is 0. The Morgan fingerprint density at radius 1 is 0.900 bits per heavy atom. The molecule has 0 saturated carbocycles. The van der Waals surface area contributed by atoms with Gasteiger partial charge in [-0.25, -0.2) is 0 Å². The highest BCUT2D eigenvalue weighted by Crippen LogP contribution is 2.21. The van der Waals surface area contributed by atoms with Crippen LogP contribution < -0.4 is 0 Å². The lowest BCUT2D eigenvalue weighted by Gasteiger charge is -2.38. The molecule has 0 N–H and O–H groups in total. The summed E-state index contributed by atoms with van der Waals surface area (Å²) in [6, 6.07) is 11.7. The van der Waals surface area contributed by atoms with Gasteiger partial charge in [0, 0.05) is 62.9 Å². The topological polar surface area (TPSA) is 48.8 Å². The van der Waals surface area contributed by atoms with Gasteiger partial charge >= 0.3 is 0 Å². The van der Waals surface area contributed by atoms with Gasteiger partial charge in [-0.2, -0.15) is 0 Å². The summed E-state index contributed by atoms with van der Waals surface area (Å²) in [5.74, 6) is 1.45. The van der Waals surface area contributed by atoms with Crippen LogP contribution in [0.2, 0.25) is 0 Å². The van der Waals surface area contributed by atoms with Crippen molar-refractivity contribution < 1.29 is 9.59 Å². The van der Waals surface area contributed by atoms with Crippen molar-refractivity contribution in [1.82, 2.24) is 19.3 Å². The molecule has 0 bridgehead atoms. The van der Waals surface area contributed by atoms with E-state index in [0.29, 0.717) is 37.0 Å². The van der Waals surface area contributed by atoms with Crippen LogP contribution in [0.4, 0.5) is 0 Å². The molecule has 0 spiro atoms. The van der Waals surface area contributed by atoms with Crippen LogP contribution in [-0.4, -0.2) is 76.9 Å². The summed E-state index contributed by atoms with van der Waals surface area (Å²) < 4.78 is 2.00. The number of hydrogen-bond acceptors (Lipinski definition) is 3. The summed E-state index contributed by atoms with van der Waals surface area (Å²) in [7, 11) is 0. The van der Waals surface area contributed by atoms with Gasteiger partial charge in [0.05, 0.1) is 6.54 Å². The number of likely N-dealkylation sites (tertiary alicyclic amines) is 1. The summed E-state index contributed by atoms with van der Waals surface area (Å²) in [6.07, 6.45) is 5.16. The fourth-order valence-electron chi connectivity index (χ4n) is 4.76. The number of piperazine rings is 1. The van der Waals surface area contributed by atoms with Gasteiger partial charge in [0.25, 0.3) is 5.91 Å². The molecule has 0 radical (unpaired) electrons. The third kappa shape index (κ3) is 4.75. The van der Waals surface area contributed by atoms with Crippen molar-refractivity contribution in [2.75, 3.05) is 45.8 Å². The van der Waals surface area contributed by atoms with Gasteiger partial charge in [0.15, 0.2) is 0 Å². The molecule has 2 aliphatic rings. The van der Waals surface area contributed by atoms with E-state index in [1.807, 2.05) is 63.2 Å². The van der Waals surface area contributed by atoms with E-state index in [0.717, 1.165) is 31.9 Å². The number of nitrogens with zero attached hydrogens (tertiary/aromatic N) is 4. The quantitative estimate of drug-likeness (QED) is 0.782. The van der Waals surface area contributed by atoms with Gasteiger partial charge in [-0.3, -0.25) is 14.5 Å². The normalized spacial score (nSPS) is 22.9. The number of piperidine rings is 1. The number of carbonyl (C=O) groups excluding carboxylic acids is 2. The van der Waals surface area contributed by atoms with Crippen molar-refractivity contribution in [2.24, 2.45) is 11.8 Å². The zero-order chi connectivity index (χ0) is 21.1. The lowest BCUT2D eigenvalue weighted by Crippen LogP contribution is -2.53. The highest BCUT2D eigenvalue weighted by atomic mass is 16.2. The predicted molar refractivity (Wildman–Crippen MR) is 118 cm³/mol. The smallest absolute Gasteiger partial charge is 0.254 e. The van der Waals surface area contributed by atoms with E-state index in [1.54, 1.807) is 0 Å². The summed E-state index contributed by atoms with van der Waals surface area (Å²) >= 11 is 0. The SMILES string of the molecule is C[C@@H]1C[C@H](C)CN(C(=O)CN2CCN(C(=O)c3cccc(-n4cccc4)c3)CC2)C1. The molecule has 0 unspecified atom stereocenters. The van der Waals surface area contributed by atoms with E-state index in [-0.39, 0.29) is 11.8 Å². The zero-order valence-electron chi connectivity index (χ0n) is 18.0. The Kier molecular flexibility index (Phi) is 6.23. The number of rotatable bonds is 4. The Hall–Kier alpha value is -2.60. The molecule has 3 heterocycles. The van der Waals surface area contributed by atoms with E-state index < -0.39 is 0 Å². The van der Waals surface area contributed by atoms with Crippen molar-refractivity contribution in [1.29, 1.82) is 0 Å². The van der Waals surface area contributed by atoms with Crippen molar-refractivity contribution in [2.45, 2.75) is 20.3 Å². The van der Waals surface area contributed by atoms with Gasteiger partial charge in [-0.15, -0.1) is 0 Å². The molecule has 6 nitrogen and oxygen atoms in total. The molecule has 2 amide bonds. The highest BCUT2D eigenvalue weighted by Gasteiger charge is 2.28. The number of amides is 2. The van der Waals surface area contributed by atoms with Crippen LogP contribution in [0.1, 0.15) is 30.6 Å². The van der Waals surface area contributed by atoms with Crippen LogP contribution in [0.5, 0.6) is 0 Å². The van der Waals surface area contributed by atoms with E-state index in [4.69, 9.17) is 0 Å². The number of aromatic nitrogens is 1. The largest absolute Gasteiger partial charge is 0.341 e. The first kappa shape index (κ1) is 20.7. The van der Waals surface area contributed by atoms with E-state index >= 15 is 0 Å². The molecule has 1 aromatic heterocycles. The molecule has 0 aliphatic carbocycles. The van der Waals surface area contributed by atoms with E-state index in [1.165, 1.54) is 6.42 Å². The summed E-state index contributed by atoms with van der Waals surface area (Å²) in [4.78, 5) is 31.9. The van der Waals surface area contributed by atoms with Gasteiger partial charge in [0.2, 0.25) is 5.91 Å². The molecule has 1 aromatic carbocycles. The standard InChI is InChI=1S/C24H32N4O2/c1-19-14-20(2)17-28(16-19)23(29)18-25-10-12-27(13-11-25)24(30)21-6-5-7-22(15-21)26-8-3-4-9-26/h3-9,15,19-20H,10-14,16-18H2,1-2H3/t19-,20+. The molecule has 30 heavy (non-hydrogen) atoms. The summed E-state index contributed by atoms with van der Waals surface area (Å²) in [5.41, 5.74) is 1.70. The van der Waals surface area contributed by atoms with Gasteiger partial charge in [-0.1, -0.05) is 19.9 Å². The molecule has 2 aromatic rings. The van der Waals surface area contributed by atoms with Crippen LogP contribution in [-0.2, 0) is 4.79 Å². The molecular formula is C24H32N4O2. The summed E-state index contributed by atoms with van der Waals surface area (Å²) in [5, 5.41) is 0. The predicted octanol–water partition coefficient (Wildman–Crippen LogP) is 2.74. The average Bonchev–Trinajstić information content (AvgIpc) is 3.28. The van der Waals surface area contributed by atoms with Crippen LogP contribution in [0, 0.1) is 11.8 Å². The van der Waals surface area contributed by atoms with Crippen LogP contribution in [0.15, 0.2) is 48.8 Å². The first-order valence-electron chi connectivity index (χ1n) is 11.0. The molecule has 160 valence electrons. The monoisotopic (exact) mass is 408 g/mol. The fraction of sp³-hybridized carbons (Fsp3) is 0.500. The molecule has 2 saturated heterocycles. The molecular weight excluding hydrogens is 376 g/mol. The van der Waals surface area contributed by atoms with Crippen molar-refractivity contribution >= 4 is 11.8 Å². The number of benzene rings is 1. The fourth-order valence-corrected chi connectivity index (χ4v) is 4.76. The van der Waals surface area contributed by atoms with Gasteiger partial charge in [-0.05, 0) is 48.6 Å². The van der Waals surface area contributed by atoms with Gasteiger partial charge in [0.1, 0.15) is 0 Å². The van der Waals surface area contributed by atoms with Crippen LogP contribution in [0.25, 0.3) is 5.69 Å². The van der Waals surface area contributed by atoms with E-state index in [2.05, 4.69) is 18.7 Å². The van der Waals surface area contributed by atoms with Crippen molar-refractivity contribution in [3.05, 3.63) is 54.4 Å². The Bertz CT molecular complexity index is 861. The maximum atomic E-state index is 13.0. The molecule has 4 rings (SSSR count). The average molecular weight is 409 g/mol. The highest BCUT2D eigenvalue weighted by molar-refractivity contribution is 5.94. The first-order chi connectivity index (χ1) is 14.5. The maximum Gasteiger partial charge on any atom is 0.254 e. The molecule has 2 fully saturated rings. The Balaban J connectivity index is 1.31. The molecule has 2 atom stereocenters. The molecule has 2 aliphatic heterocycles. The lowest BCUT2D eigenvalue weighted by atomic mass is 9.92. The first-order valence-corrected chi connectivity index (χ1v) is 11.0. The third-order valence-electron chi connectivity index (χ3n) is 6.24. The second-order valence-electron chi connectivity index (χ2n) is 8.95. The maximum absolute atomic E-state index is 13.0. The van der Waals surface area contributed by atoms with Crippen molar-refractivity contribution in [3.63, 3.8) is 0 Å². The minimum atomic E-state index is 0.0636. The lowest BCUT2D eigenvalue weighted by molar-refractivity contribution is -0.135. The Morgan fingerprint density at radius 3 is 2.23 bits per heavy atom. The zero-order valence-corrected chi connectivity index (χ0v) is 18.0. The minimum Gasteiger partial charge on any atom is -0.341 e. The Morgan fingerprint density at radius 2 is 1.57 bits per heavy atom. The third-order valence-corrected chi connectivity index (χ3v) is 6.24. The van der Waals surface area contributed by atoms with Gasteiger partial charge < -0.3 is 14.4 Å². The van der Waals surface area contributed by atoms with Crippen LogP contribution in [0.3, 0.4) is 0 Å². The van der Waals surface area contributed by atoms with Crippen LogP contribution >= 0.6 is 0 Å². The Labute approximate surface area is 179 Å². The second kappa shape index (κ2) is 9.04. The van der Waals surface area contributed by atoms with Crippen molar-refractivity contribution in [3.8, 4) is 5.69 Å². The second-order valence-corrected chi connectivity index (χ2v) is 8.95. The summed E-state index contributed by atoms with van der Waals surface area (Å²) in [6.45, 7) is 9.47. The molecule has 6 heteroatoms. The van der Waals surface area contributed by atoms with E-state index in [9.17, 15) is 9.59 Å². The number of carbonyl (C=O) groups is 2.